The number of β-amino-alcohol motifs (C(OH)–C–C–N with tert-alkyl or cyclic N) is 1. The van der Waals surface area contributed by atoms with Crippen molar-refractivity contribution in [2.45, 2.75) is 50.7 Å². The summed E-state index contributed by atoms with van der Waals surface area (Å²) in [5.41, 5.74) is 3.07. The summed E-state index contributed by atoms with van der Waals surface area (Å²) in [6.45, 7) is 3.22. The number of aliphatic hydroxyl groups excluding tert-OH is 1. The van der Waals surface area contributed by atoms with Gasteiger partial charge in [-0.05, 0) is 37.6 Å². The molecular formula is C29H28ClFN6O3. The van der Waals surface area contributed by atoms with Crippen molar-refractivity contribution in [2.24, 2.45) is 0 Å². The van der Waals surface area contributed by atoms with Crippen LogP contribution in [0.25, 0.3) is 11.0 Å². The van der Waals surface area contributed by atoms with Gasteiger partial charge in [-0.2, -0.15) is 5.26 Å². The fourth-order valence-corrected chi connectivity index (χ4v) is 5.44. The van der Waals surface area contributed by atoms with E-state index in [0.717, 1.165) is 42.1 Å². The Hall–Kier alpha value is -3.62. The Labute approximate surface area is 235 Å². The lowest BCUT2D eigenvalue weighted by molar-refractivity contribution is -0.0593. The molecule has 4 aromatic rings. The molecule has 11 heteroatoms. The molecular weight excluding hydrogens is 535 g/mol. The summed E-state index contributed by atoms with van der Waals surface area (Å²) in [7, 11) is 0. The third-order valence-corrected chi connectivity index (χ3v) is 7.79. The minimum atomic E-state index is -0.634. The summed E-state index contributed by atoms with van der Waals surface area (Å²) in [5, 5.41) is 20.7. The van der Waals surface area contributed by atoms with Gasteiger partial charge in [-0.1, -0.05) is 23.7 Å². The van der Waals surface area contributed by atoms with Gasteiger partial charge in [-0.3, -0.25) is 4.90 Å². The lowest BCUT2D eigenvalue weighted by Gasteiger charge is -2.35. The van der Waals surface area contributed by atoms with E-state index in [0.29, 0.717) is 48.2 Å². The standard InChI is InChI=1S/C29H28ClFN6O3/c30-19-5-4-18(23(31)10-19)17-40-29-3-1-2-24(35-29)22-6-8-36(15-27(22)38)16-28-34-25-11-20(12-32)33-13-26(25)37(28)14-21-7-9-39-21/h1-5,10-11,13,21-22,27,38H,6-9,14-17H2/t21-,22-,27+/m0/s1. The molecule has 0 saturated carbocycles. The van der Waals surface area contributed by atoms with Crippen molar-refractivity contribution in [1.82, 2.24) is 24.4 Å². The van der Waals surface area contributed by atoms with Gasteiger partial charge in [-0.15, -0.1) is 0 Å². The Morgan fingerprint density at radius 1 is 1.20 bits per heavy atom. The molecule has 1 aromatic carbocycles. The second kappa shape index (κ2) is 11.5. The van der Waals surface area contributed by atoms with Crippen molar-refractivity contribution in [2.75, 3.05) is 19.7 Å². The number of aliphatic hydroxyl groups is 1. The van der Waals surface area contributed by atoms with Gasteiger partial charge in [0.15, 0.2) is 0 Å². The number of hydrogen-bond acceptors (Lipinski definition) is 8. The van der Waals surface area contributed by atoms with Crippen molar-refractivity contribution in [3.8, 4) is 11.9 Å². The number of fused-ring (bicyclic) bond motifs is 1. The zero-order chi connectivity index (χ0) is 27.6. The number of hydrogen-bond donors (Lipinski definition) is 1. The molecule has 2 saturated heterocycles. The van der Waals surface area contributed by atoms with E-state index in [1.807, 2.05) is 12.1 Å². The molecule has 0 amide bonds. The van der Waals surface area contributed by atoms with Crippen LogP contribution in [0.3, 0.4) is 0 Å². The van der Waals surface area contributed by atoms with Crippen LogP contribution in [0.1, 0.15) is 41.5 Å². The first-order chi connectivity index (χ1) is 19.5. The quantitative estimate of drug-likeness (QED) is 0.340. The molecule has 6 rings (SSSR count). The third kappa shape index (κ3) is 5.64. The maximum absolute atomic E-state index is 14.1. The molecule has 1 N–H and O–H groups in total. The monoisotopic (exact) mass is 562 g/mol. The third-order valence-electron chi connectivity index (χ3n) is 7.55. The highest BCUT2D eigenvalue weighted by molar-refractivity contribution is 6.30. The Morgan fingerprint density at radius 3 is 2.83 bits per heavy atom. The van der Waals surface area contributed by atoms with E-state index >= 15 is 0 Å². The largest absolute Gasteiger partial charge is 0.473 e. The summed E-state index contributed by atoms with van der Waals surface area (Å²) in [6, 6.07) is 13.7. The van der Waals surface area contributed by atoms with Crippen molar-refractivity contribution < 1.29 is 19.0 Å². The number of nitriles is 1. The second-order valence-electron chi connectivity index (χ2n) is 10.2. The summed E-state index contributed by atoms with van der Waals surface area (Å²) >= 11 is 5.83. The number of pyridine rings is 2. The number of rotatable bonds is 8. The minimum absolute atomic E-state index is 0.0265. The molecule has 0 radical (unpaired) electrons. The minimum Gasteiger partial charge on any atom is -0.473 e. The van der Waals surface area contributed by atoms with Crippen LogP contribution < -0.4 is 4.74 Å². The van der Waals surface area contributed by atoms with Gasteiger partial charge in [-0.25, -0.2) is 19.3 Å². The number of imidazole rings is 1. The molecule has 0 aliphatic carbocycles. The Kier molecular flexibility index (Phi) is 7.63. The average molecular weight is 563 g/mol. The number of nitrogens with zero attached hydrogens (tertiary/aromatic N) is 6. The molecule has 0 unspecified atom stereocenters. The van der Waals surface area contributed by atoms with Crippen LogP contribution in [0, 0.1) is 17.1 Å². The van der Waals surface area contributed by atoms with E-state index in [4.69, 9.17) is 26.1 Å². The highest BCUT2D eigenvalue weighted by Gasteiger charge is 2.31. The van der Waals surface area contributed by atoms with Crippen molar-refractivity contribution in [3.05, 3.63) is 82.3 Å². The van der Waals surface area contributed by atoms with Gasteiger partial charge in [0, 0.05) is 41.8 Å². The molecule has 2 aliphatic heterocycles. The molecule has 3 atom stereocenters. The van der Waals surface area contributed by atoms with Crippen molar-refractivity contribution in [3.63, 3.8) is 0 Å². The van der Waals surface area contributed by atoms with Crippen LogP contribution in [0.4, 0.5) is 4.39 Å². The molecule has 206 valence electrons. The first kappa shape index (κ1) is 26.6. The molecule has 9 nitrogen and oxygen atoms in total. The lowest BCUT2D eigenvalue weighted by atomic mass is 9.90. The number of aromatic nitrogens is 4. The fraction of sp³-hybridized carbons (Fsp3) is 0.379. The fourth-order valence-electron chi connectivity index (χ4n) is 5.29. The van der Waals surface area contributed by atoms with Crippen LogP contribution in [-0.2, 0) is 24.4 Å². The number of halogens is 2. The van der Waals surface area contributed by atoms with E-state index in [-0.39, 0.29) is 18.6 Å². The number of benzene rings is 1. The Bertz CT molecular complexity index is 1570. The molecule has 2 fully saturated rings. The summed E-state index contributed by atoms with van der Waals surface area (Å²) < 4.78 is 27.7. The van der Waals surface area contributed by atoms with Gasteiger partial charge in [0.05, 0.1) is 48.2 Å². The molecule has 40 heavy (non-hydrogen) atoms. The SMILES string of the molecule is N#Cc1cc2nc(CN3CC[C@@H](c4cccc(OCc5ccc(Cl)cc5F)n4)[C@H](O)C3)n(C[C@@H]3CCO3)c2cn1. The first-order valence-corrected chi connectivity index (χ1v) is 13.7. The van der Waals surface area contributed by atoms with Crippen molar-refractivity contribution in [1.29, 1.82) is 5.26 Å². The molecule has 3 aromatic heterocycles. The van der Waals surface area contributed by atoms with Crippen LogP contribution in [0.5, 0.6) is 5.88 Å². The van der Waals surface area contributed by atoms with Gasteiger partial charge in [0.1, 0.15) is 30.0 Å². The summed E-state index contributed by atoms with van der Waals surface area (Å²) in [6.07, 6.45) is 2.91. The predicted molar refractivity (Wildman–Crippen MR) is 145 cm³/mol. The van der Waals surface area contributed by atoms with Gasteiger partial charge in [0.25, 0.3) is 0 Å². The highest BCUT2D eigenvalue weighted by atomic mass is 35.5. The van der Waals surface area contributed by atoms with E-state index in [9.17, 15) is 14.8 Å². The maximum atomic E-state index is 14.1. The maximum Gasteiger partial charge on any atom is 0.213 e. The molecule has 0 spiro atoms. The van der Waals surface area contributed by atoms with E-state index in [1.165, 1.54) is 6.07 Å². The molecule has 2 aliphatic rings. The highest BCUT2D eigenvalue weighted by Crippen LogP contribution is 2.30. The zero-order valence-electron chi connectivity index (χ0n) is 21.7. The van der Waals surface area contributed by atoms with Crippen molar-refractivity contribution >= 4 is 22.6 Å². The molecule has 0 bridgehead atoms. The van der Waals surface area contributed by atoms with Crippen LogP contribution in [0.2, 0.25) is 5.02 Å². The van der Waals surface area contributed by atoms with E-state index in [2.05, 4.69) is 25.5 Å². The summed E-state index contributed by atoms with van der Waals surface area (Å²) in [4.78, 5) is 15.9. The van der Waals surface area contributed by atoms with Gasteiger partial charge >= 0.3 is 0 Å². The summed E-state index contributed by atoms with van der Waals surface area (Å²) in [5.74, 6) is 0.647. The lowest BCUT2D eigenvalue weighted by Crippen LogP contribution is -2.43. The topological polar surface area (TPSA) is 109 Å². The van der Waals surface area contributed by atoms with Gasteiger partial charge < -0.3 is 19.1 Å². The smallest absolute Gasteiger partial charge is 0.213 e. The first-order valence-electron chi connectivity index (χ1n) is 13.3. The normalized spacial score (nSPS) is 21.2. The number of piperidine rings is 1. The zero-order valence-corrected chi connectivity index (χ0v) is 22.5. The average Bonchev–Trinajstić information content (AvgIpc) is 3.26. The van der Waals surface area contributed by atoms with Crippen LogP contribution in [-0.4, -0.2) is 61.4 Å². The van der Waals surface area contributed by atoms with Crippen LogP contribution >= 0.6 is 11.6 Å². The number of ether oxygens (including phenoxy) is 2. The second-order valence-corrected chi connectivity index (χ2v) is 10.6. The van der Waals surface area contributed by atoms with E-state index < -0.39 is 11.9 Å². The predicted octanol–water partition coefficient (Wildman–Crippen LogP) is 4.21. The molecule has 5 heterocycles. The van der Waals surface area contributed by atoms with Crippen LogP contribution in [0.15, 0.2) is 48.7 Å². The van der Waals surface area contributed by atoms with Gasteiger partial charge in [0.2, 0.25) is 5.88 Å². The number of likely N-dealkylation sites (tertiary alicyclic amines) is 1. The van der Waals surface area contributed by atoms with E-state index in [1.54, 1.807) is 30.5 Å². The Balaban J connectivity index is 1.13. The Morgan fingerprint density at radius 2 is 2.08 bits per heavy atom.